The summed E-state index contributed by atoms with van der Waals surface area (Å²) in [7, 11) is 0. The molecule has 1 aromatic heterocycles. The summed E-state index contributed by atoms with van der Waals surface area (Å²) in [6, 6.07) is 15.6. The van der Waals surface area contributed by atoms with Gasteiger partial charge in [-0.25, -0.2) is 5.84 Å². The van der Waals surface area contributed by atoms with Gasteiger partial charge < -0.3 is 4.74 Å². The topological polar surface area (TPSA) is 39.1 Å². The Balaban J connectivity index is 2.03. The van der Waals surface area contributed by atoms with Crippen molar-refractivity contribution in [1.82, 2.24) is 0 Å². The van der Waals surface area contributed by atoms with Crippen LogP contribution in [-0.2, 0) is 6.61 Å². The lowest BCUT2D eigenvalue weighted by Gasteiger charge is -2.02. The van der Waals surface area contributed by atoms with Crippen LogP contribution in [0.3, 0.4) is 0 Å². The summed E-state index contributed by atoms with van der Waals surface area (Å²) in [5, 5.41) is 0. The van der Waals surface area contributed by atoms with Crippen LogP contribution in [0.1, 0.15) is 5.56 Å². The van der Waals surface area contributed by atoms with E-state index in [4.69, 9.17) is 10.6 Å². The molecule has 1 aromatic carbocycles. The maximum Gasteiger partial charge on any atom is 0.396 e. The highest BCUT2D eigenvalue weighted by molar-refractivity contribution is 5.14. The highest BCUT2D eigenvalue weighted by Gasteiger charge is 2.06. The zero-order valence-electron chi connectivity index (χ0n) is 8.34. The molecule has 0 fully saturated rings. The summed E-state index contributed by atoms with van der Waals surface area (Å²) in [6.07, 6.45) is 1.75. The van der Waals surface area contributed by atoms with E-state index in [-0.39, 0.29) is 0 Å². The third-order valence-electron chi connectivity index (χ3n) is 2.08. The fraction of sp³-hybridized carbons (Fsp3) is 0.0833. The van der Waals surface area contributed by atoms with Crippen molar-refractivity contribution in [2.24, 2.45) is 0 Å². The average Bonchev–Trinajstić information content (AvgIpc) is 2.29. The van der Waals surface area contributed by atoms with Crippen LogP contribution in [0.25, 0.3) is 0 Å². The Kier molecular flexibility index (Phi) is 2.83. The van der Waals surface area contributed by atoms with Crippen LogP contribution in [0.5, 0.6) is 5.88 Å². The molecule has 0 saturated heterocycles. The monoisotopic (exact) mass is 201 g/mol. The number of hydrogen-bond donors (Lipinski definition) is 1. The molecule has 0 aliphatic heterocycles. The van der Waals surface area contributed by atoms with Crippen molar-refractivity contribution in [2.45, 2.75) is 6.61 Å². The van der Waals surface area contributed by atoms with Gasteiger partial charge in [-0.2, -0.15) is 0 Å². The van der Waals surface area contributed by atoms with E-state index in [9.17, 15) is 0 Å². The number of rotatable bonds is 3. The van der Waals surface area contributed by atoms with Gasteiger partial charge in [-0.1, -0.05) is 35.0 Å². The predicted octanol–water partition coefficient (Wildman–Crippen LogP) is 1.27. The van der Waals surface area contributed by atoms with Crippen LogP contribution in [0.15, 0.2) is 54.7 Å². The van der Waals surface area contributed by atoms with Gasteiger partial charge in [0.2, 0.25) is 6.20 Å². The number of nitrogens with two attached hydrogens (primary N) is 1. The number of benzene rings is 1. The Morgan fingerprint density at radius 1 is 1.00 bits per heavy atom. The van der Waals surface area contributed by atoms with E-state index in [2.05, 4.69) is 0 Å². The molecule has 3 heteroatoms. The van der Waals surface area contributed by atoms with Crippen LogP contribution >= 0.6 is 0 Å². The second kappa shape index (κ2) is 4.46. The molecule has 0 radical (unpaired) electrons. The minimum atomic E-state index is 0.530. The predicted molar refractivity (Wildman–Crippen MR) is 57.6 cm³/mol. The molecule has 0 aliphatic carbocycles. The van der Waals surface area contributed by atoms with Crippen molar-refractivity contribution in [3.05, 3.63) is 60.3 Å². The largest absolute Gasteiger partial charge is 0.438 e. The van der Waals surface area contributed by atoms with Gasteiger partial charge in [0.25, 0.3) is 0 Å². The zero-order chi connectivity index (χ0) is 10.5. The molecular formula is C12H13N2O+. The molecule has 2 aromatic rings. The number of nitrogen functional groups attached to an aromatic ring is 1. The Morgan fingerprint density at radius 3 is 2.47 bits per heavy atom. The molecule has 0 amide bonds. The molecule has 0 bridgehead atoms. The Bertz CT molecular complexity index is 429. The fourth-order valence-corrected chi connectivity index (χ4v) is 1.29. The van der Waals surface area contributed by atoms with E-state index in [1.807, 2.05) is 48.5 Å². The molecule has 0 spiro atoms. The molecule has 76 valence electrons. The van der Waals surface area contributed by atoms with E-state index < -0.39 is 0 Å². The third kappa shape index (κ3) is 2.47. The van der Waals surface area contributed by atoms with E-state index in [1.54, 1.807) is 6.20 Å². The molecule has 0 unspecified atom stereocenters. The van der Waals surface area contributed by atoms with Gasteiger partial charge in [-0.3, -0.25) is 0 Å². The molecule has 0 saturated carbocycles. The summed E-state index contributed by atoms with van der Waals surface area (Å²) >= 11 is 0. The fourth-order valence-electron chi connectivity index (χ4n) is 1.29. The van der Waals surface area contributed by atoms with E-state index in [1.165, 1.54) is 4.68 Å². The molecule has 0 aliphatic rings. The first kappa shape index (κ1) is 9.52. The van der Waals surface area contributed by atoms with Crippen LogP contribution in [-0.4, -0.2) is 0 Å². The third-order valence-corrected chi connectivity index (χ3v) is 2.08. The summed E-state index contributed by atoms with van der Waals surface area (Å²) in [5.74, 6) is 6.33. The number of hydrogen-bond acceptors (Lipinski definition) is 2. The summed E-state index contributed by atoms with van der Waals surface area (Å²) in [4.78, 5) is 0. The first-order chi connectivity index (χ1) is 7.36. The lowest BCUT2D eigenvalue weighted by Crippen LogP contribution is -2.45. The number of pyridine rings is 1. The highest BCUT2D eigenvalue weighted by Crippen LogP contribution is 2.05. The standard InChI is InChI=1S/C12H13N2O/c13-14-9-5-4-8-12(14)15-10-11-6-2-1-3-7-11/h1-9H,10,13H2/q+1. The smallest absolute Gasteiger partial charge is 0.396 e. The molecule has 1 heterocycles. The van der Waals surface area contributed by atoms with Crippen molar-refractivity contribution in [3.8, 4) is 5.88 Å². The number of ether oxygens (including phenoxy) is 1. The lowest BCUT2D eigenvalue weighted by atomic mass is 10.2. The number of nitrogens with zero attached hydrogens (tertiary/aromatic N) is 1. The minimum Gasteiger partial charge on any atom is -0.438 e. The van der Waals surface area contributed by atoms with Gasteiger partial charge in [0.05, 0.1) is 6.07 Å². The molecular weight excluding hydrogens is 188 g/mol. The first-order valence-electron chi connectivity index (χ1n) is 4.79. The maximum atomic E-state index is 5.68. The van der Waals surface area contributed by atoms with Crippen LogP contribution in [0, 0.1) is 0 Å². The highest BCUT2D eigenvalue weighted by atomic mass is 16.5. The average molecular weight is 201 g/mol. The van der Waals surface area contributed by atoms with Crippen LogP contribution in [0.2, 0.25) is 0 Å². The van der Waals surface area contributed by atoms with E-state index >= 15 is 0 Å². The summed E-state index contributed by atoms with van der Waals surface area (Å²) < 4.78 is 7.02. The number of aromatic nitrogens is 1. The Labute approximate surface area is 88.7 Å². The van der Waals surface area contributed by atoms with Gasteiger partial charge in [0, 0.05) is 6.07 Å². The van der Waals surface area contributed by atoms with E-state index in [0.29, 0.717) is 12.5 Å². The minimum absolute atomic E-state index is 0.530. The molecule has 0 atom stereocenters. The summed E-state index contributed by atoms with van der Waals surface area (Å²) in [5.41, 5.74) is 1.13. The van der Waals surface area contributed by atoms with Crippen LogP contribution in [0.4, 0.5) is 0 Å². The molecule has 3 nitrogen and oxygen atoms in total. The van der Waals surface area contributed by atoms with Crippen molar-refractivity contribution in [1.29, 1.82) is 0 Å². The van der Waals surface area contributed by atoms with Crippen LogP contribution < -0.4 is 15.3 Å². The second-order valence-corrected chi connectivity index (χ2v) is 3.22. The van der Waals surface area contributed by atoms with Gasteiger partial charge in [0.15, 0.2) is 0 Å². The van der Waals surface area contributed by atoms with Gasteiger partial charge >= 0.3 is 5.88 Å². The molecule has 2 rings (SSSR count). The molecule has 2 N–H and O–H groups in total. The van der Waals surface area contributed by atoms with Crippen molar-refractivity contribution in [2.75, 3.05) is 5.84 Å². The molecule has 15 heavy (non-hydrogen) atoms. The van der Waals surface area contributed by atoms with Gasteiger partial charge in [-0.15, -0.1) is 0 Å². The first-order valence-corrected chi connectivity index (χ1v) is 4.79. The Morgan fingerprint density at radius 2 is 1.73 bits per heavy atom. The lowest BCUT2D eigenvalue weighted by molar-refractivity contribution is -0.645. The van der Waals surface area contributed by atoms with Gasteiger partial charge in [-0.05, 0) is 11.6 Å². The maximum absolute atomic E-state index is 5.68. The second-order valence-electron chi connectivity index (χ2n) is 3.22. The summed E-state index contributed by atoms with van der Waals surface area (Å²) in [6.45, 7) is 0.530. The normalized spacial score (nSPS) is 9.87. The SMILES string of the molecule is N[n+]1ccccc1OCc1ccccc1. The van der Waals surface area contributed by atoms with E-state index in [0.717, 1.165) is 5.56 Å². The Hall–Kier alpha value is -2.03. The van der Waals surface area contributed by atoms with Gasteiger partial charge in [0.1, 0.15) is 6.61 Å². The van der Waals surface area contributed by atoms with Crippen molar-refractivity contribution in [3.63, 3.8) is 0 Å². The quantitative estimate of drug-likeness (QED) is 0.600. The van der Waals surface area contributed by atoms with Crippen molar-refractivity contribution < 1.29 is 9.41 Å². The van der Waals surface area contributed by atoms with Crippen molar-refractivity contribution >= 4 is 0 Å². The zero-order valence-corrected chi connectivity index (χ0v) is 8.34.